The number of sulfone groups is 1. The van der Waals surface area contributed by atoms with E-state index in [-0.39, 0.29) is 35.2 Å². The number of aliphatic imine (C=N–C) groups is 1. The Kier molecular flexibility index (Phi) is 6.32. The summed E-state index contributed by atoms with van der Waals surface area (Å²) >= 11 is 7.46. The van der Waals surface area contributed by atoms with Gasteiger partial charge in [0.1, 0.15) is 6.54 Å². The van der Waals surface area contributed by atoms with Crippen LogP contribution in [0.15, 0.2) is 53.5 Å². The van der Waals surface area contributed by atoms with Crippen LogP contribution in [0.4, 0.5) is 11.4 Å². The molecule has 0 bridgehead atoms. The highest BCUT2D eigenvalue weighted by Crippen LogP contribution is 2.37. The van der Waals surface area contributed by atoms with Crippen LogP contribution < -0.4 is 10.2 Å². The molecule has 1 fully saturated rings. The Labute approximate surface area is 192 Å². The van der Waals surface area contributed by atoms with Crippen LogP contribution in [0.2, 0.25) is 5.02 Å². The molecule has 2 aliphatic rings. The molecule has 0 spiro atoms. The van der Waals surface area contributed by atoms with Crippen molar-refractivity contribution in [2.45, 2.75) is 31.1 Å². The van der Waals surface area contributed by atoms with Crippen molar-refractivity contribution >= 4 is 55.6 Å². The van der Waals surface area contributed by atoms with Crippen LogP contribution in [0.3, 0.4) is 0 Å². The van der Waals surface area contributed by atoms with Gasteiger partial charge in [0.05, 0.1) is 17.5 Å². The summed E-state index contributed by atoms with van der Waals surface area (Å²) in [5.74, 6) is 0.396. The minimum absolute atomic E-state index is 0.0611. The number of rotatable bonds is 5. The number of amidine groups is 1. The molecule has 0 aromatic heterocycles. The highest BCUT2D eigenvalue weighted by Gasteiger charge is 2.44. The fourth-order valence-electron chi connectivity index (χ4n) is 3.69. The molecule has 1 amide bonds. The van der Waals surface area contributed by atoms with E-state index in [1.54, 1.807) is 24.3 Å². The molecular weight excluding hydrogens is 454 g/mol. The van der Waals surface area contributed by atoms with E-state index in [9.17, 15) is 13.2 Å². The number of thioether (sulfide) groups is 1. The van der Waals surface area contributed by atoms with Gasteiger partial charge < -0.3 is 10.2 Å². The Morgan fingerprint density at radius 1 is 1.23 bits per heavy atom. The first-order valence-electron chi connectivity index (χ1n) is 10.1. The molecule has 0 radical (unpaired) electrons. The predicted molar refractivity (Wildman–Crippen MR) is 129 cm³/mol. The van der Waals surface area contributed by atoms with E-state index in [2.05, 4.69) is 24.2 Å². The summed E-state index contributed by atoms with van der Waals surface area (Å²) in [6.07, 6.45) is 0. The number of carbonyl (C=O) groups excluding carboxylic acids is 1. The zero-order chi connectivity index (χ0) is 22.2. The molecule has 0 aliphatic carbocycles. The van der Waals surface area contributed by atoms with Gasteiger partial charge in [0, 0.05) is 21.6 Å². The van der Waals surface area contributed by atoms with E-state index in [1.165, 1.54) is 17.3 Å². The number of carbonyl (C=O) groups is 1. The summed E-state index contributed by atoms with van der Waals surface area (Å²) in [5.41, 5.74) is 2.67. The molecule has 2 atom stereocenters. The smallest absolute Gasteiger partial charge is 0.244 e. The molecule has 31 heavy (non-hydrogen) atoms. The minimum Gasteiger partial charge on any atom is -0.324 e. The van der Waals surface area contributed by atoms with Crippen LogP contribution in [0.25, 0.3) is 0 Å². The molecule has 2 aromatic rings. The Morgan fingerprint density at radius 3 is 2.61 bits per heavy atom. The van der Waals surface area contributed by atoms with Crippen LogP contribution in [0.1, 0.15) is 25.3 Å². The highest BCUT2D eigenvalue weighted by molar-refractivity contribution is 8.15. The van der Waals surface area contributed by atoms with Crippen molar-refractivity contribution in [3.63, 3.8) is 0 Å². The Balaban J connectivity index is 1.58. The average Bonchev–Trinajstić information content (AvgIpc) is 3.19. The fraction of sp³-hybridized carbons (Fsp3) is 0.364. The fourth-order valence-corrected chi connectivity index (χ4v) is 7.66. The molecule has 0 unspecified atom stereocenters. The van der Waals surface area contributed by atoms with E-state index < -0.39 is 9.84 Å². The van der Waals surface area contributed by atoms with Gasteiger partial charge in [-0.1, -0.05) is 55.4 Å². The Hall–Kier alpha value is -2.03. The highest BCUT2D eigenvalue weighted by atomic mass is 35.5. The molecule has 1 N–H and O–H groups in total. The summed E-state index contributed by atoms with van der Waals surface area (Å²) < 4.78 is 23.9. The number of benzene rings is 2. The zero-order valence-electron chi connectivity index (χ0n) is 17.3. The lowest BCUT2D eigenvalue weighted by Crippen LogP contribution is -2.36. The monoisotopic (exact) mass is 477 g/mol. The number of hydrogen-bond acceptors (Lipinski definition) is 6. The number of hydrogen-bond donors (Lipinski definition) is 1. The molecule has 164 valence electrons. The maximum Gasteiger partial charge on any atom is 0.244 e. The van der Waals surface area contributed by atoms with Crippen molar-refractivity contribution in [3.8, 4) is 0 Å². The lowest BCUT2D eigenvalue weighted by Gasteiger charge is -2.24. The summed E-state index contributed by atoms with van der Waals surface area (Å²) in [5, 5.41) is 4.01. The summed E-state index contributed by atoms with van der Waals surface area (Å²) in [6.45, 7) is 4.32. The second-order valence-corrected chi connectivity index (χ2v) is 11.9. The van der Waals surface area contributed by atoms with E-state index in [4.69, 9.17) is 11.6 Å². The third-order valence-corrected chi connectivity index (χ3v) is 8.80. The lowest BCUT2D eigenvalue weighted by atomic mass is 10.0. The van der Waals surface area contributed by atoms with E-state index in [1.807, 2.05) is 29.2 Å². The molecule has 9 heteroatoms. The number of fused-ring (bicyclic) bond motifs is 1. The molecule has 0 saturated carbocycles. The van der Waals surface area contributed by atoms with E-state index >= 15 is 0 Å². The number of nitrogens with zero attached hydrogens (tertiary/aromatic N) is 2. The first kappa shape index (κ1) is 22.2. The Morgan fingerprint density at radius 2 is 1.97 bits per heavy atom. The van der Waals surface area contributed by atoms with Crippen LogP contribution in [0.5, 0.6) is 0 Å². The van der Waals surface area contributed by atoms with Crippen molar-refractivity contribution in [1.29, 1.82) is 0 Å². The van der Waals surface area contributed by atoms with Gasteiger partial charge in [0.25, 0.3) is 0 Å². The van der Waals surface area contributed by atoms with Crippen LogP contribution in [-0.2, 0) is 14.6 Å². The van der Waals surface area contributed by atoms with Crippen LogP contribution in [0, 0.1) is 0 Å². The molecule has 4 rings (SSSR count). The third-order valence-electron chi connectivity index (χ3n) is 5.32. The van der Waals surface area contributed by atoms with Crippen molar-refractivity contribution in [1.82, 2.24) is 0 Å². The average molecular weight is 478 g/mol. The number of anilines is 2. The van der Waals surface area contributed by atoms with E-state index in [0.29, 0.717) is 21.8 Å². The van der Waals surface area contributed by atoms with Gasteiger partial charge in [-0.25, -0.2) is 8.42 Å². The van der Waals surface area contributed by atoms with Gasteiger partial charge in [-0.3, -0.25) is 9.79 Å². The molecule has 2 aromatic carbocycles. The standard InChI is InChI=1S/C22H24ClN3O3S2/c1-14(2)15-6-8-18(9-7-15)26(11-21(27)24-17-5-3-4-16(23)10-17)22-25-19-12-31(28,29)13-20(19)30-22/h3-10,14,19-20H,11-13H2,1-2H3,(H,24,27)/t19-,20+/m0/s1. The maximum atomic E-state index is 12.8. The van der Waals surface area contributed by atoms with Gasteiger partial charge in [-0.15, -0.1) is 0 Å². The SMILES string of the molecule is CC(C)c1ccc(N(CC(=O)Nc2cccc(Cl)c2)C2=N[C@H]3CS(=O)(=O)C[C@H]3S2)cc1. The normalized spacial score (nSPS) is 21.6. The lowest BCUT2D eigenvalue weighted by molar-refractivity contribution is -0.114. The molecule has 6 nitrogen and oxygen atoms in total. The largest absolute Gasteiger partial charge is 0.324 e. The zero-order valence-corrected chi connectivity index (χ0v) is 19.7. The van der Waals surface area contributed by atoms with Gasteiger partial charge in [-0.05, 0) is 41.8 Å². The quantitative estimate of drug-likeness (QED) is 0.699. The van der Waals surface area contributed by atoms with Crippen molar-refractivity contribution < 1.29 is 13.2 Å². The number of nitrogens with one attached hydrogen (secondary N) is 1. The van der Waals surface area contributed by atoms with Crippen molar-refractivity contribution in [2.24, 2.45) is 4.99 Å². The number of amides is 1. The minimum atomic E-state index is -3.04. The van der Waals surface area contributed by atoms with Gasteiger partial charge in [-0.2, -0.15) is 0 Å². The summed E-state index contributed by atoms with van der Waals surface area (Å²) in [7, 11) is -3.04. The molecule has 2 aliphatic heterocycles. The summed E-state index contributed by atoms with van der Waals surface area (Å²) in [4.78, 5) is 19.4. The van der Waals surface area contributed by atoms with Gasteiger partial charge in [0.15, 0.2) is 15.0 Å². The first-order valence-corrected chi connectivity index (χ1v) is 13.2. The number of halogens is 1. The molecule has 2 heterocycles. The maximum absolute atomic E-state index is 12.8. The topological polar surface area (TPSA) is 78.8 Å². The van der Waals surface area contributed by atoms with Gasteiger partial charge in [0.2, 0.25) is 5.91 Å². The predicted octanol–water partition coefficient (Wildman–Crippen LogP) is 4.18. The second-order valence-electron chi connectivity index (χ2n) is 8.10. The third kappa shape index (κ3) is 5.25. The first-order chi connectivity index (χ1) is 14.7. The van der Waals surface area contributed by atoms with Crippen LogP contribution >= 0.6 is 23.4 Å². The summed E-state index contributed by atoms with van der Waals surface area (Å²) in [6, 6.07) is 14.8. The van der Waals surface area contributed by atoms with Gasteiger partial charge >= 0.3 is 0 Å². The van der Waals surface area contributed by atoms with Crippen LogP contribution in [-0.4, -0.2) is 48.8 Å². The van der Waals surface area contributed by atoms with E-state index in [0.717, 1.165) is 5.69 Å². The molecular formula is C22H24ClN3O3S2. The van der Waals surface area contributed by atoms with Crippen molar-refractivity contribution in [3.05, 3.63) is 59.1 Å². The van der Waals surface area contributed by atoms with Crippen molar-refractivity contribution in [2.75, 3.05) is 28.3 Å². The Bertz CT molecular complexity index is 1120. The second kappa shape index (κ2) is 8.84. The molecule has 1 saturated heterocycles.